The van der Waals surface area contributed by atoms with E-state index >= 15 is 4.39 Å². The zero-order valence-corrected chi connectivity index (χ0v) is 20.2. The molecule has 1 aromatic carbocycles. The second-order valence-corrected chi connectivity index (χ2v) is 9.78. The molecule has 1 aliphatic heterocycles. The van der Waals surface area contributed by atoms with Gasteiger partial charge in [0.25, 0.3) is 5.56 Å². The number of fused-ring (bicyclic) bond motifs is 1. The summed E-state index contributed by atoms with van der Waals surface area (Å²) in [6.07, 6.45) is 7.20. The summed E-state index contributed by atoms with van der Waals surface area (Å²) >= 11 is 5.97. The number of hydrogen-bond acceptors (Lipinski definition) is 6. The number of ether oxygens (including phenoxy) is 1. The van der Waals surface area contributed by atoms with Crippen LogP contribution in [0.5, 0.6) is 0 Å². The molecule has 35 heavy (non-hydrogen) atoms. The second-order valence-electron chi connectivity index (χ2n) is 9.34. The van der Waals surface area contributed by atoms with E-state index in [-0.39, 0.29) is 28.4 Å². The lowest BCUT2D eigenvalue weighted by molar-refractivity contribution is 0.00438. The van der Waals surface area contributed by atoms with Crippen LogP contribution < -0.4 is 5.56 Å². The van der Waals surface area contributed by atoms with Gasteiger partial charge in [-0.25, -0.2) is 19.3 Å². The molecule has 2 fully saturated rings. The van der Waals surface area contributed by atoms with Crippen LogP contribution in [0.4, 0.5) is 4.39 Å². The van der Waals surface area contributed by atoms with Gasteiger partial charge in [-0.1, -0.05) is 11.6 Å². The van der Waals surface area contributed by atoms with E-state index in [2.05, 4.69) is 20.1 Å². The van der Waals surface area contributed by atoms with Crippen LogP contribution in [-0.4, -0.2) is 35.9 Å². The summed E-state index contributed by atoms with van der Waals surface area (Å²) in [5, 5.41) is 4.73. The molecule has 4 aromatic rings. The van der Waals surface area contributed by atoms with Crippen LogP contribution in [0, 0.1) is 19.7 Å². The van der Waals surface area contributed by atoms with Crippen molar-refractivity contribution < 1.29 is 9.13 Å². The van der Waals surface area contributed by atoms with Gasteiger partial charge in [-0.3, -0.25) is 14.0 Å². The van der Waals surface area contributed by atoms with Gasteiger partial charge in [0.05, 0.1) is 35.4 Å². The molecule has 0 bridgehead atoms. The summed E-state index contributed by atoms with van der Waals surface area (Å²) in [5.41, 5.74) is 2.88. The van der Waals surface area contributed by atoms with E-state index in [1.54, 1.807) is 13.0 Å². The summed E-state index contributed by atoms with van der Waals surface area (Å²) in [4.78, 5) is 27.6. The lowest BCUT2D eigenvalue weighted by Crippen LogP contribution is -2.31. The second kappa shape index (κ2) is 8.49. The van der Waals surface area contributed by atoms with Gasteiger partial charge in [-0.2, -0.15) is 5.10 Å². The van der Waals surface area contributed by atoms with Gasteiger partial charge in [-0.15, -0.1) is 0 Å². The summed E-state index contributed by atoms with van der Waals surface area (Å²) in [6.45, 7) is 4.12. The molecular formula is C25H24ClFN6O2. The Morgan fingerprint density at radius 1 is 1.11 bits per heavy atom. The summed E-state index contributed by atoms with van der Waals surface area (Å²) in [5.74, 6) is -0.796. The van der Waals surface area contributed by atoms with Gasteiger partial charge < -0.3 is 4.74 Å². The van der Waals surface area contributed by atoms with E-state index in [1.807, 2.05) is 24.0 Å². The number of hydrogen-bond donors (Lipinski definition) is 0. The first-order valence-corrected chi connectivity index (χ1v) is 12.2. The van der Waals surface area contributed by atoms with Crippen LogP contribution in [0.2, 0.25) is 5.02 Å². The van der Waals surface area contributed by atoms with Crippen LogP contribution in [0.25, 0.3) is 17.0 Å². The number of rotatable bonds is 4. The molecule has 0 unspecified atom stereocenters. The Bertz CT molecular complexity index is 1510. The SMILES string of the molecule is Cc1nc2nc([C@H]3CCO[C@@H](c4cnn(C5CC5)c4)C3)c(=O)n(-c3ccc(Cl)cc3F)c2nc1C. The average molecular weight is 495 g/mol. The molecule has 2 atom stereocenters. The van der Waals surface area contributed by atoms with Gasteiger partial charge in [0.1, 0.15) is 11.5 Å². The molecule has 1 aliphatic carbocycles. The summed E-state index contributed by atoms with van der Waals surface area (Å²) < 4.78 is 24.3. The molecule has 8 nitrogen and oxygen atoms in total. The highest BCUT2D eigenvalue weighted by Gasteiger charge is 2.32. The van der Waals surface area contributed by atoms with Crippen molar-refractivity contribution in [1.82, 2.24) is 29.3 Å². The first kappa shape index (κ1) is 22.3. The van der Waals surface area contributed by atoms with Gasteiger partial charge >= 0.3 is 0 Å². The van der Waals surface area contributed by atoms with E-state index in [4.69, 9.17) is 16.3 Å². The van der Waals surface area contributed by atoms with Crippen molar-refractivity contribution in [2.45, 2.75) is 57.6 Å². The molecule has 0 spiro atoms. The van der Waals surface area contributed by atoms with Crippen molar-refractivity contribution in [2.75, 3.05) is 6.61 Å². The number of benzene rings is 1. The lowest BCUT2D eigenvalue weighted by Gasteiger charge is -2.28. The minimum atomic E-state index is -0.615. The van der Waals surface area contributed by atoms with Gasteiger partial charge in [0.15, 0.2) is 11.3 Å². The Hall–Kier alpha value is -3.17. The third-order valence-corrected chi connectivity index (χ3v) is 7.10. The smallest absolute Gasteiger partial charge is 0.278 e. The molecule has 0 amide bonds. The maximum Gasteiger partial charge on any atom is 0.278 e. The number of nitrogens with zero attached hydrogens (tertiary/aromatic N) is 6. The Morgan fingerprint density at radius 2 is 1.91 bits per heavy atom. The van der Waals surface area contributed by atoms with Gasteiger partial charge in [0.2, 0.25) is 0 Å². The molecule has 3 aromatic heterocycles. The monoisotopic (exact) mass is 494 g/mol. The summed E-state index contributed by atoms with van der Waals surface area (Å²) in [7, 11) is 0. The normalized spacial score (nSPS) is 20.5. The molecule has 10 heteroatoms. The van der Waals surface area contributed by atoms with Crippen molar-refractivity contribution in [2.24, 2.45) is 0 Å². The van der Waals surface area contributed by atoms with Crippen LogP contribution in [0.15, 0.2) is 35.4 Å². The summed E-state index contributed by atoms with van der Waals surface area (Å²) in [6, 6.07) is 4.70. The van der Waals surface area contributed by atoms with Crippen LogP contribution >= 0.6 is 11.6 Å². The standard InChI is InChI=1S/C25H24ClFN6O2/c1-13-14(2)30-24-23(29-13)31-22(25(34)33(24)20-6-3-17(26)10-19(20)27)15-7-8-35-21(9-15)16-11-28-32(12-16)18-4-5-18/h3,6,10-12,15,18,21H,4-5,7-9H2,1-2H3/t15-,21+/m0/s1. The first-order chi connectivity index (χ1) is 16.9. The molecule has 1 saturated heterocycles. The maximum absolute atomic E-state index is 15.0. The zero-order valence-electron chi connectivity index (χ0n) is 19.4. The predicted molar refractivity (Wildman–Crippen MR) is 129 cm³/mol. The third-order valence-electron chi connectivity index (χ3n) is 6.87. The van der Waals surface area contributed by atoms with E-state index in [1.165, 1.54) is 16.7 Å². The van der Waals surface area contributed by atoms with Crippen LogP contribution in [0.3, 0.4) is 0 Å². The fourth-order valence-corrected chi connectivity index (χ4v) is 4.82. The molecule has 1 saturated carbocycles. The Labute approximate surface area is 205 Å². The largest absolute Gasteiger partial charge is 0.373 e. The lowest BCUT2D eigenvalue weighted by atomic mass is 9.90. The maximum atomic E-state index is 15.0. The highest BCUT2D eigenvalue weighted by Crippen LogP contribution is 2.39. The third kappa shape index (κ3) is 4.02. The topological polar surface area (TPSA) is 87.7 Å². The van der Waals surface area contributed by atoms with Crippen molar-refractivity contribution in [3.05, 3.63) is 74.4 Å². The minimum absolute atomic E-state index is 0.0694. The Balaban J connectivity index is 1.46. The first-order valence-electron chi connectivity index (χ1n) is 11.8. The quantitative estimate of drug-likeness (QED) is 0.407. The number of aryl methyl sites for hydroxylation is 2. The molecule has 6 rings (SSSR count). The zero-order chi connectivity index (χ0) is 24.3. The van der Waals surface area contributed by atoms with Gasteiger partial charge in [0, 0.05) is 29.3 Å². The fourth-order valence-electron chi connectivity index (χ4n) is 4.66. The minimum Gasteiger partial charge on any atom is -0.373 e. The highest BCUT2D eigenvalue weighted by molar-refractivity contribution is 6.30. The molecular weight excluding hydrogens is 471 g/mol. The molecule has 2 aliphatic rings. The Kier molecular flexibility index (Phi) is 5.41. The van der Waals surface area contributed by atoms with Crippen LogP contribution in [0.1, 0.15) is 66.4 Å². The molecule has 0 N–H and O–H groups in total. The Morgan fingerprint density at radius 3 is 2.69 bits per heavy atom. The average Bonchev–Trinajstić information content (AvgIpc) is 3.57. The number of aromatic nitrogens is 6. The molecule has 4 heterocycles. The van der Waals surface area contributed by atoms with Crippen molar-refractivity contribution >= 4 is 22.9 Å². The predicted octanol–water partition coefficient (Wildman–Crippen LogP) is 4.75. The number of halogens is 2. The van der Waals surface area contributed by atoms with E-state index in [0.717, 1.165) is 18.4 Å². The molecule has 180 valence electrons. The van der Waals surface area contributed by atoms with E-state index < -0.39 is 11.4 Å². The van der Waals surface area contributed by atoms with Gasteiger partial charge in [-0.05, 0) is 57.7 Å². The molecule has 0 radical (unpaired) electrons. The van der Waals surface area contributed by atoms with Crippen molar-refractivity contribution in [3.63, 3.8) is 0 Å². The van der Waals surface area contributed by atoms with Crippen molar-refractivity contribution in [1.29, 1.82) is 0 Å². The van der Waals surface area contributed by atoms with Crippen molar-refractivity contribution in [3.8, 4) is 5.69 Å². The van der Waals surface area contributed by atoms with E-state index in [0.29, 0.717) is 48.2 Å². The van der Waals surface area contributed by atoms with E-state index in [9.17, 15) is 4.79 Å². The highest BCUT2D eigenvalue weighted by atomic mass is 35.5. The fraction of sp³-hybridized carbons (Fsp3) is 0.400. The van der Waals surface area contributed by atoms with Crippen LogP contribution in [-0.2, 0) is 4.74 Å².